The van der Waals surface area contributed by atoms with Crippen LogP contribution in [0.5, 0.6) is 0 Å². The van der Waals surface area contributed by atoms with Crippen molar-refractivity contribution in [2.24, 2.45) is 0 Å². The predicted molar refractivity (Wildman–Crippen MR) is 84.9 cm³/mol. The molecule has 0 radical (unpaired) electrons. The highest BCUT2D eigenvalue weighted by molar-refractivity contribution is 9.10. The molecule has 0 atom stereocenters. The lowest BCUT2D eigenvalue weighted by Gasteiger charge is -2.19. The first-order chi connectivity index (χ1) is 9.29. The third-order valence-corrected chi connectivity index (χ3v) is 5.35. The fraction of sp³-hybridized carbons (Fsp3) is 0.429. The molecule has 0 aromatic heterocycles. The molecule has 0 aliphatic carbocycles. The molecule has 1 heterocycles. The number of carbonyl (C=O) groups excluding carboxylic acids is 2. The van der Waals surface area contributed by atoms with Crippen molar-refractivity contribution in [3.63, 3.8) is 0 Å². The standard InChI is InChI=1S/C14H18BrNO3Si/c1-20(2,3)7-6-19-9-16-12-5-4-10(15)8-11(12)13(17)14(16)18/h4-5,8H,6-7,9H2,1-3H3. The van der Waals surface area contributed by atoms with Gasteiger partial charge >= 0.3 is 5.91 Å². The van der Waals surface area contributed by atoms with Gasteiger partial charge in [0, 0.05) is 19.2 Å². The number of hydrogen-bond acceptors (Lipinski definition) is 3. The van der Waals surface area contributed by atoms with Gasteiger partial charge in [0.15, 0.2) is 0 Å². The van der Waals surface area contributed by atoms with Gasteiger partial charge in [0.05, 0.1) is 11.3 Å². The average Bonchev–Trinajstić information content (AvgIpc) is 2.58. The van der Waals surface area contributed by atoms with E-state index in [-0.39, 0.29) is 6.73 Å². The molecule has 20 heavy (non-hydrogen) atoms. The van der Waals surface area contributed by atoms with E-state index in [2.05, 4.69) is 35.6 Å². The second-order valence-corrected chi connectivity index (χ2v) is 12.6. The van der Waals surface area contributed by atoms with Crippen molar-refractivity contribution in [1.29, 1.82) is 0 Å². The lowest BCUT2D eigenvalue weighted by atomic mass is 10.1. The Balaban J connectivity index is 2.03. The number of anilines is 1. The summed E-state index contributed by atoms with van der Waals surface area (Å²) in [5.41, 5.74) is 1.08. The molecule has 1 amide bonds. The molecule has 0 bridgehead atoms. The van der Waals surface area contributed by atoms with Gasteiger partial charge in [0.1, 0.15) is 6.73 Å². The Bertz CT molecular complexity index is 554. The number of rotatable bonds is 5. The van der Waals surface area contributed by atoms with Crippen molar-refractivity contribution >= 4 is 41.4 Å². The monoisotopic (exact) mass is 355 g/mol. The minimum atomic E-state index is -1.15. The fourth-order valence-electron chi connectivity index (χ4n) is 1.94. The normalized spacial score (nSPS) is 14.9. The summed E-state index contributed by atoms with van der Waals surface area (Å²) in [7, 11) is -1.15. The molecule has 0 saturated carbocycles. The first-order valence-corrected chi connectivity index (χ1v) is 11.0. The summed E-state index contributed by atoms with van der Waals surface area (Å²) in [6, 6.07) is 6.30. The van der Waals surface area contributed by atoms with Gasteiger partial charge in [-0.3, -0.25) is 14.5 Å². The minimum Gasteiger partial charge on any atom is -0.361 e. The van der Waals surface area contributed by atoms with Crippen molar-refractivity contribution in [2.75, 3.05) is 18.2 Å². The van der Waals surface area contributed by atoms with Crippen LogP contribution in [0.15, 0.2) is 22.7 Å². The number of ketones is 1. The van der Waals surface area contributed by atoms with Crippen LogP contribution in [0.1, 0.15) is 10.4 Å². The Morgan fingerprint density at radius 2 is 1.95 bits per heavy atom. The molecule has 4 nitrogen and oxygen atoms in total. The zero-order chi connectivity index (χ0) is 14.9. The zero-order valence-corrected chi connectivity index (χ0v) is 14.5. The number of benzene rings is 1. The average molecular weight is 356 g/mol. The van der Waals surface area contributed by atoms with Crippen LogP contribution in [0.3, 0.4) is 0 Å². The molecular weight excluding hydrogens is 338 g/mol. The number of amides is 1. The van der Waals surface area contributed by atoms with Crippen LogP contribution in [0.25, 0.3) is 0 Å². The van der Waals surface area contributed by atoms with Crippen LogP contribution in [-0.2, 0) is 9.53 Å². The van der Waals surface area contributed by atoms with E-state index in [1.807, 2.05) is 6.07 Å². The maximum atomic E-state index is 12.0. The largest absolute Gasteiger partial charge is 0.361 e. The van der Waals surface area contributed by atoms with Gasteiger partial charge < -0.3 is 4.74 Å². The van der Waals surface area contributed by atoms with E-state index in [0.29, 0.717) is 17.9 Å². The molecule has 0 fully saturated rings. The van der Waals surface area contributed by atoms with Crippen molar-refractivity contribution < 1.29 is 14.3 Å². The number of ether oxygens (including phenoxy) is 1. The topological polar surface area (TPSA) is 46.6 Å². The molecule has 6 heteroatoms. The quantitative estimate of drug-likeness (QED) is 0.462. The first kappa shape index (κ1) is 15.4. The number of hydrogen-bond donors (Lipinski definition) is 0. The molecule has 1 aliphatic rings. The molecule has 1 aromatic carbocycles. The molecule has 2 rings (SSSR count). The number of fused-ring (bicyclic) bond motifs is 1. The van der Waals surface area contributed by atoms with Crippen LogP contribution < -0.4 is 4.90 Å². The summed E-state index contributed by atoms with van der Waals surface area (Å²) in [5, 5.41) is 0. The van der Waals surface area contributed by atoms with E-state index in [4.69, 9.17) is 4.74 Å². The van der Waals surface area contributed by atoms with Crippen LogP contribution in [-0.4, -0.2) is 33.1 Å². The molecule has 0 saturated heterocycles. The fourth-order valence-corrected chi connectivity index (χ4v) is 3.05. The van der Waals surface area contributed by atoms with Gasteiger partial charge in [-0.05, 0) is 24.2 Å². The Hall–Kier alpha value is -0.983. The van der Waals surface area contributed by atoms with E-state index in [9.17, 15) is 9.59 Å². The van der Waals surface area contributed by atoms with Gasteiger partial charge in [0.25, 0.3) is 5.78 Å². The molecule has 0 N–H and O–H groups in total. The number of carbonyl (C=O) groups is 2. The van der Waals surface area contributed by atoms with Gasteiger partial charge in [-0.15, -0.1) is 0 Å². The molecule has 0 unspecified atom stereocenters. The van der Waals surface area contributed by atoms with Crippen molar-refractivity contribution in [1.82, 2.24) is 0 Å². The van der Waals surface area contributed by atoms with Gasteiger partial charge in [-0.1, -0.05) is 35.6 Å². The van der Waals surface area contributed by atoms with Gasteiger partial charge in [-0.2, -0.15) is 0 Å². The van der Waals surface area contributed by atoms with E-state index < -0.39 is 19.8 Å². The third-order valence-electron chi connectivity index (χ3n) is 3.15. The van der Waals surface area contributed by atoms with Gasteiger partial charge in [-0.25, -0.2) is 0 Å². The number of halogens is 1. The molecule has 0 spiro atoms. The lowest BCUT2D eigenvalue weighted by Crippen LogP contribution is -2.33. The maximum Gasteiger partial charge on any atom is 0.301 e. The van der Waals surface area contributed by atoms with Crippen LogP contribution in [0.2, 0.25) is 25.7 Å². The molecule has 108 valence electrons. The summed E-state index contributed by atoms with van der Waals surface area (Å²) in [6.07, 6.45) is 0. The maximum absolute atomic E-state index is 12.0. The summed E-state index contributed by atoms with van der Waals surface area (Å²) >= 11 is 3.31. The highest BCUT2D eigenvalue weighted by atomic mass is 79.9. The Kier molecular flexibility index (Phi) is 4.46. The van der Waals surface area contributed by atoms with E-state index >= 15 is 0 Å². The SMILES string of the molecule is C[Si](C)(C)CCOCN1C(=O)C(=O)c2cc(Br)ccc21. The van der Waals surface area contributed by atoms with E-state index in [0.717, 1.165) is 10.5 Å². The van der Waals surface area contributed by atoms with E-state index in [1.54, 1.807) is 12.1 Å². The smallest absolute Gasteiger partial charge is 0.301 e. The minimum absolute atomic E-state index is 0.143. The highest BCUT2D eigenvalue weighted by Crippen LogP contribution is 2.31. The van der Waals surface area contributed by atoms with Crippen molar-refractivity contribution in [3.8, 4) is 0 Å². The summed E-state index contributed by atoms with van der Waals surface area (Å²) < 4.78 is 6.37. The highest BCUT2D eigenvalue weighted by Gasteiger charge is 2.35. The Morgan fingerprint density at radius 1 is 1.25 bits per heavy atom. The van der Waals surface area contributed by atoms with Crippen molar-refractivity contribution in [2.45, 2.75) is 25.7 Å². The summed E-state index contributed by atoms with van der Waals surface area (Å²) in [6.45, 7) is 7.58. The Labute approximate surface area is 128 Å². The van der Waals surface area contributed by atoms with Crippen LogP contribution >= 0.6 is 15.9 Å². The summed E-state index contributed by atoms with van der Waals surface area (Å²) in [4.78, 5) is 25.3. The van der Waals surface area contributed by atoms with Crippen LogP contribution in [0, 0.1) is 0 Å². The first-order valence-electron chi connectivity index (χ1n) is 6.53. The molecule has 1 aliphatic heterocycles. The lowest BCUT2D eigenvalue weighted by molar-refractivity contribution is -0.115. The second-order valence-electron chi connectivity index (χ2n) is 6.07. The van der Waals surface area contributed by atoms with Gasteiger partial charge in [0.2, 0.25) is 0 Å². The van der Waals surface area contributed by atoms with Crippen LogP contribution in [0.4, 0.5) is 5.69 Å². The summed E-state index contributed by atoms with van der Waals surface area (Å²) in [5.74, 6) is -0.971. The number of Topliss-reactive ketones (excluding diaryl/α,β-unsaturated/α-hetero) is 1. The predicted octanol–water partition coefficient (Wildman–Crippen LogP) is 3.29. The Morgan fingerprint density at radius 3 is 2.60 bits per heavy atom. The van der Waals surface area contributed by atoms with E-state index in [1.165, 1.54) is 4.90 Å². The third kappa shape index (κ3) is 3.37. The second kappa shape index (κ2) is 5.79. The molecular formula is C14H18BrNO3Si. The zero-order valence-electron chi connectivity index (χ0n) is 11.9. The number of nitrogens with zero attached hydrogens (tertiary/aromatic N) is 1. The van der Waals surface area contributed by atoms with Crippen molar-refractivity contribution in [3.05, 3.63) is 28.2 Å². The molecule has 1 aromatic rings.